The van der Waals surface area contributed by atoms with Crippen LogP contribution in [0.3, 0.4) is 0 Å². The van der Waals surface area contributed by atoms with E-state index < -0.39 is 6.09 Å². The minimum absolute atomic E-state index is 0.203. The summed E-state index contributed by atoms with van der Waals surface area (Å²) >= 11 is 5.06. The predicted molar refractivity (Wildman–Crippen MR) is 60.2 cm³/mol. The Bertz CT molecular complexity index is 460. The number of carbonyl (C=O) groups is 1. The third-order valence-corrected chi connectivity index (χ3v) is 2.15. The fraction of sp³-hybridized carbons (Fsp3) is 0.111. The molecule has 0 aromatic rings. The van der Waals surface area contributed by atoms with Crippen LogP contribution < -0.4 is 5.32 Å². The maximum Gasteiger partial charge on any atom is 0.413 e. The van der Waals surface area contributed by atoms with Gasteiger partial charge in [0.2, 0.25) is 5.96 Å². The normalized spacial score (nSPS) is 17.7. The van der Waals surface area contributed by atoms with Crippen molar-refractivity contribution in [2.24, 2.45) is 9.98 Å². The average Bonchev–Trinajstić information content (AvgIpc) is 2.62. The van der Waals surface area contributed by atoms with Crippen LogP contribution in [0.15, 0.2) is 33.9 Å². The van der Waals surface area contributed by atoms with Crippen molar-refractivity contribution in [3.8, 4) is 0 Å². The average molecular weight is 221 g/mol. The number of nitrogens with one attached hydrogen (secondary N) is 1. The highest BCUT2D eigenvalue weighted by Crippen LogP contribution is 2.15. The number of guanidine groups is 1. The first kappa shape index (κ1) is 9.72. The topological polar surface area (TPSA) is 63.0 Å². The molecule has 0 bridgehead atoms. The highest BCUT2D eigenvalue weighted by atomic mass is 32.1. The molecule has 0 spiro atoms. The Morgan fingerprint density at radius 1 is 1.53 bits per heavy atom. The smallest absolute Gasteiger partial charge is 0.413 e. The van der Waals surface area contributed by atoms with Crippen LogP contribution in [0.4, 0.5) is 4.79 Å². The summed E-state index contributed by atoms with van der Waals surface area (Å²) in [5.41, 5.74) is 1.27. The lowest BCUT2D eigenvalue weighted by atomic mass is 10.1. The number of rotatable bonds is 0. The van der Waals surface area contributed by atoms with Crippen LogP contribution in [0, 0.1) is 0 Å². The van der Waals surface area contributed by atoms with Gasteiger partial charge >= 0.3 is 6.09 Å². The van der Waals surface area contributed by atoms with Crippen molar-refractivity contribution in [2.75, 3.05) is 7.11 Å². The van der Waals surface area contributed by atoms with E-state index in [9.17, 15) is 4.79 Å². The van der Waals surface area contributed by atoms with Gasteiger partial charge in [-0.15, -0.1) is 0 Å². The molecule has 15 heavy (non-hydrogen) atoms. The lowest BCUT2D eigenvalue weighted by Crippen LogP contribution is -2.28. The Morgan fingerprint density at radius 3 is 3.00 bits per heavy atom. The van der Waals surface area contributed by atoms with E-state index >= 15 is 0 Å². The Kier molecular flexibility index (Phi) is 2.42. The molecule has 1 aliphatic carbocycles. The molecule has 0 saturated heterocycles. The number of thiocarbonyl (C=S) groups is 1. The van der Waals surface area contributed by atoms with Crippen LogP contribution >= 0.6 is 12.2 Å². The number of carbonyl (C=O) groups excluding carboxylic acids is 1. The van der Waals surface area contributed by atoms with Gasteiger partial charge in [0.1, 0.15) is 5.71 Å². The maximum atomic E-state index is 10.9. The van der Waals surface area contributed by atoms with E-state index in [1.54, 1.807) is 18.2 Å². The van der Waals surface area contributed by atoms with E-state index in [-0.39, 0.29) is 5.96 Å². The molecule has 1 amide bonds. The summed E-state index contributed by atoms with van der Waals surface area (Å²) < 4.78 is 4.42. The molecule has 1 heterocycles. The number of allylic oxidation sites excluding steroid dienone is 4. The van der Waals surface area contributed by atoms with Crippen molar-refractivity contribution in [1.29, 1.82) is 0 Å². The molecule has 76 valence electrons. The Labute approximate surface area is 91.2 Å². The number of fused-ring (bicyclic) bond motifs is 1. The van der Waals surface area contributed by atoms with Crippen molar-refractivity contribution in [3.05, 3.63) is 23.9 Å². The fourth-order valence-corrected chi connectivity index (χ4v) is 1.39. The SMILES string of the molecule is COC(=O)NC1=NC2=CC=CC(=S)C2=N1. The molecule has 6 heteroatoms. The van der Waals surface area contributed by atoms with E-state index in [0.717, 1.165) is 0 Å². The van der Waals surface area contributed by atoms with Crippen LogP contribution in [0.5, 0.6) is 0 Å². The van der Waals surface area contributed by atoms with Gasteiger partial charge in [-0.3, -0.25) is 5.32 Å². The number of aliphatic imine (C=N–C) groups is 2. The highest BCUT2D eigenvalue weighted by molar-refractivity contribution is 7.82. The number of hydrogen-bond acceptors (Lipinski definition) is 5. The molecule has 0 atom stereocenters. The molecule has 1 N–H and O–H groups in total. The van der Waals surface area contributed by atoms with Gasteiger partial charge in [0.05, 0.1) is 17.7 Å². The first-order valence-electron chi connectivity index (χ1n) is 4.16. The second kappa shape index (κ2) is 3.74. The number of nitrogens with zero attached hydrogens (tertiary/aromatic N) is 2. The van der Waals surface area contributed by atoms with Gasteiger partial charge in [0, 0.05) is 0 Å². The Hall–Kier alpha value is -1.82. The van der Waals surface area contributed by atoms with E-state index in [1.165, 1.54) is 7.11 Å². The summed E-state index contributed by atoms with van der Waals surface area (Å²) in [5.74, 6) is 0.203. The van der Waals surface area contributed by atoms with Crippen LogP contribution in [0.25, 0.3) is 0 Å². The summed E-state index contributed by atoms with van der Waals surface area (Å²) in [4.78, 5) is 19.7. The first-order chi connectivity index (χ1) is 7.20. The van der Waals surface area contributed by atoms with Gasteiger partial charge in [-0.2, -0.15) is 0 Å². The number of amides is 1. The van der Waals surface area contributed by atoms with Crippen LogP contribution in [-0.4, -0.2) is 29.7 Å². The van der Waals surface area contributed by atoms with Crippen LogP contribution in [0.2, 0.25) is 0 Å². The summed E-state index contributed by atoms with van der Waals surface area (Å²) in [6, 6.07) is 0. The summed E-state index contributed by atoms with van der Waals surface area (Å²) in [5, 5.41) is 2.38. The van der Waals surface area contributed by atoms with Crippen LogP contribution in [-0.2, 0) is 4.74 Å². The molecule has 1 aliphatic heterocycles. The standard InChI is InChI=1S/C9H7N3O2S/c1-14-9(13)12-8-10-5-3-2-4-6(15)7(5)11-8/h2-4H,1H3,(H,10,12,13). The zero-order chi connectivity index (χ0) is 10.8. The van der Waals surface area contributed by atoms with Gasteiger partial charge in [0.15, 0.2) is 0 Å². The molecular weight excluding hydrogens is 214 g/mol. The lowest BCUT2D eigenvalue weighted by molar-refractivity contribution is 0.176. The molecule has 0 unspecified atom stereocenters. The number of ether oxygens (including phenoxy) is 1. The van der Waals surface area contributed by atoms with Crippen LogP contribution in [0.1, 0.15) is 0 Å². The van der Waals surface area contributed by atoms with Crippen molar-refractivity contribution in [3.63, 3.8) is 0 Å². The molecule has 2 aliphatic rings. The molecule has 5 nitrogen and oxygen atoms in total. The second-order valence-electron chi connectivity index (χ2n) is 2.79. The summed E-state index contributed by atoms with van der Waals surface area (Å²) in [6.45, 7) is 0. The summed E-state index contributed by atoms with van der Waals surface area (Å²) in [7, 11) is 1.27. The fourth-order valence-electron chi connectivity index (χ4n) is 1.16. The van der Waals surface area contributed by atoms with Gasteiger partial charge in [-0.25, -0.2) is 14.8 Å². The van der Waals surface area contributed by atoms with Gasteiger partial charge in [0.25, 0.3) is 0 Å². The predicted octanol–water partition coefficient (Wildman–Crippen LogP) is 0.977. The van der Waals surface area contributed by atoms with Gasteiger partial charge < -0.3 is 4.74 Å². The van der Waals surface area contributed by atoms with E-state index in [4.69, 9.17) is 12.2 Å². The molecule has 0 saturated carbocycles. The van der Waals surface area contributed by atoms with Crippen molar-refractivity contribution in [2.45, 2.75) is 0 Å². The largest absolute Gasteiger partial charge is 0.453 e. The molecule has 0 fully saturated rings. The minimum atomic E-state index is -0.601. The third kappa shape index (κ3) is 1.84. The van der Waals surface area contributed by atoms with Crippen molar-refractivity contribution < 1.29 is 9.53 Å². The van der Waals surface area contributed by atoms with E-state index in [1.807, 2.05) is 0 Å². The molecule has 0 aromatic heterocycles. The molecule has 0 radical (unpaired) electrons. The molecule has 2 rings (SSSR count). The first-order valence-corrected chi connectivity index (χ1v) is 4.57. The maximum absolute atomic E-state index is 10.9. The monoisotopic (exact) mass is 221 g/mol. The van der Waals surface area contributed by atoms with Gasteiger partial charge in [-0.1, -0.05) is 18.3 Å². The molecular formula is C9H7N3O2S. The van der Waals surface area contributed by atoms with E-state index in [2.05, 4.69) is 20.0 Å². The number of hydrogen-bond donors (Lipinski definition) is 1. The number of methoxy groups -OCH3 is 1. The highest BCUT2D eigenvalue weighted by Gasteiger charge is 2.21. The number of alkyl carbamates (subject to hydrolysis) is 1. The molecule has 0 aromatic carbocycles. The van der Waals surface area contributed by atoms with E-state index in [0.29, 0.717) is 16.3 Å². The third-order valence-electron chi connectivity index (χ3n) is 1.82. The summed E-state index contributed by atoms with van der Waals surface area (Å²) in [6.07, 6.45) is 4.73. The Morgan fingerprint density at radius 2 is 2.33 bits per heavy atom. The zero-order valence-electron chi connectivity index (χ0n) is 7.85. The quantitative estimate of drug-likeness (QED) is 0.620. The van der Waals surface area contributed by atoms with Gasteiger partial charge in [-0.05, 0) is 12.2 Å². The van der Waals surface area contributed by atoms with Crippen molar-refractivity contribution in [1.82, 2.24) is 5.32 Å². The zero-order valence-corrected chi connectivity index (χ0v) is 8.67. The second-order valence-corrected chi connectivity index (χ2v) is 3.23. The minimum Gasteiger partial charge on any atom is -0.453 e. The van der Waals surface area contributed by atoms with Crippen molar-refractivity contribution >= 4 is 34.8 Å². The Balaban J connectivity index is 2.20. The lowest BCUT2D eigenvalue weighted by Gasteiger charge is -2.01.